The summed E-state index contributed by atoms with van der Waals surface area (Å²) in [7, 11) is 0. The number of pyridine rings is 1. The molecule has 7 rings (SSSR count). The summed E-state index contributed by atoms with van der Waals surface area (Å²) < 4.78 is 18.6. The van der Waals surface area contributed by atoms with E-state index in [0.717, 1.165) is 31.0 Å². The number of amides is 4. The summed E-state index contributed by atoms with van der Waals surface area (Å²) >= 11 is 0. The number of allylic oxidation sites excluding steroid dienone is 2. The Hall–Kier alpha value is -6.93. The third-order valence-corrected chi connectivity index (χ3v) is 10.6. The first kappa shape index (κ1) is 43.2. The molecule has 4 amide bonds. The van der Waals surface area contributed by atoms with E-state index < -0.39 is 23.6 Å². The largest absolute Gasteiger partial charge is 0.491 e. The van der Waals surface area contributed by atoms with Gasteiger partial charge in [-0.25, -0.2) is 15.0 Å². The number of nitrogens with two attached hydrogens (primary N) is 2. The summed E-state index contributed by atoms with van der Waals surface area (Å²) in [5.74, 6) is -1.37. The lowest BCUT2D eigenvalue weighted by molar-refractivity contribution is 0.0358. The zero-order valence-corrected chi connectivity index (χ0v) is 35.4. The topological polar surface area (TPSA) is 250 Å². The van der Waals surface area contributed by atoms with Crippen LogP contribution in [0.5, 0.6) is 5.75 Å². The third kappa shape index (κ3) is 9.35. The van der Waals surface area contributed by atoms with Crippen LogP contribution in [0.25, 0.3) is 22.2 Å². The highest BCUT2D eigenvalue weighted by molar-refractivity contribution is 6.05. The lowest BCUT2D eigenvalue weighted by atomic mass is 10.1. The van der Waals surface area contributed by atoms with Crippen molar-refractivity contribution in [3.8, 4) is 5.75 Å². The van der Waals surface area contributed by atoms with E-state index >= 15 is 0 Å². The number of ether oxygens (including phenoxy) is 2. The number of hydrogen-bond acceptors (Lipinski definition) is 12. The molecule has 1 aliphatic rings. The number of carbonyl (C=O) groups excluding carboxylic acids is 4. The van der Waals surface area contributed by atoms with E-state index in [1.807, 2.05) is 39.8 Å². The van der Waals surface area contributed by atoms with Crippen molar-refractivity contribution in [3.05, 3.63) is 82.6 Å². The van der Waals surface area contributed by atoms with E-state index in [2.05, 4.69) is 35.7 Å². The SMILES string of the molecule is CCc1cc(C(=O)Nc2nc3cc(C(N)=O)cnc3n2C/C=C/Cn2c(NC(=O)c3cc(CC)nn3CC)nc3cc(C(N)=O)cc(OCCCN4CCOCC4)c32)n(CC)n1. The van der Waals surface area contributed by atoms with Crippen molar-refractivity contribution in [2.24, 2.45) is 11.5 Å². The van der Waals surface area contributed by atoms with E-state index in [1.165, 1.54) is 12.3 Å². The molecule has 1 saturated heterocycles. The first-order chi connectivity index (χ1) is 30.0. The first-order valence-corrected chi connectivity index (χ1v) is 20.9. The Balaban J connectivity index is 1.23. The highest BCUT2D eigenvalue weighted by Crippen LogP contribution is 2.32. The monoisotopic (exact) mass is 848 g/mol. The van der Waals surface area contributed by atoms with Crippen molar-refractivity contribution in [1.82, 2.24) is 48.5 Å². The maximum absolute atomic E-state index is 13.9. The number of anilines is 2. The highest BCUT2D eigenvalue weighted by atomic mass is 16.5. The second-order valence-electron chi connectivity index (χ2n) is 14.6. The van der Waals surface area contributed by atoms with E-state index in [4.69, 9.17) is 25.9 Å². The van der Waals surface area contributed by atoms with Gasteiger partial charge in [0.15, 0.2) is 5.65 Å². The Kier molecular flexibility index (Phi) is 13.4. The van der Waals surface area contributed by atoms with Crippen LogP contribution in [0.4, 0.5) is 11.9 Å². The maximum atomic E-state index is 13.9. The summed E-state index contributed by atoms with van der Waals surface area (Å²) in [4.78, 5) is 68.3. The Labute approximate surface area is 357 Å². The van der Waals surface area contributed by atoms with Gasteiger partial charge in [0.25, 0.3) is 11.8 Å². The summed E-state index contributed by atoms with van der Waals surface area (Å²) in [6, 6.07) is 8.19. The highest BCUT2D eigenvalue weighted by Gasteiger charge is 2.23. The number of rotatable bonds is 19. The quantitative estimate of drug-likeness (QED) is 0.0677. The van der Waals surface area contributed by atoms with Crippen molar-refractivity contribution in [3.63, 3.8) is 0 Å². The van der Waals surface area contributed by atoms with Gasteiger partial charge in [-0.1, -0.05) is 26.0 Å². The summed E-state index contributed by atoms with van der Waals surface area (Å²) in [6.45, 7) is 13.3. The molecule has 0 aliphatic carbocycles. The minimum Gasteiger partial charge on any atom is -0.491 e. The minimum absolute atomic E-state index is 0.167. The molecular formula is C42H52N14O6. The number of carbonyl (C=O) groups is 4. The number of fused-ring (bicyclic) bond motifs is 2. The fraction of sp³-hybridized carbons (Fsp3) is 0.405. The van der Waals surface area contributed by atoms with E-state index in [1.54, 1.807) is 42.8 Å². The van der Waals surface area contributed by atoms with Gasteiger partial charge in [0.05, 0.1) is 42.3 Å². The number of nitrogens with zero attached hydrogens (tertiary/aromatic N) is 10. The molecule has 0 atom stereocenters. The number of nitrogens with one attached hydrogen (secondary N) is 2. The van der Waals surface area contributed by atoms with Crippen LogP contribution in [0.15, 0.2) is 48.7 Å². The smallest absolute Gasteiger partial charge is 0.276 e. The fourth-order valence-electron chi connectivity index (χ4n) is 7.29. The molecule has 1 fully saturated rings. The van der Waals surface area contributed by atoms with Crippen LogP contribution in [-0.4, -0.2) is 112 Å². The van der Waals surface area contributed by atoms with E-state index in [9.17, 15) is 19.2 Å². The van der Waals surface area contributed by atoms with Gasteiger partial charge in [-0.3, -0.25) is 48.6 Å². The van der Waals surface area contributed by atoms with Gasteiger partial charge >= 0.3 is 0 Å². The molecule has 0 radical (unpaired) electrons. The Bertz CT molecular complexity index is 2650. The van der Waals surface area contributed by atoms with Gasteiger partial charge < -0.3 is 25.5 Å². The predicted octanol–water partition coefficient (Wildman–Crippen LogP) is 3.40. The Morgan fingerprint density at radius 3 is 1.90 bits per heavy atom. The molecule has 62 heavy (non-hydrogen) atoms. The maximum Gasteiger partial charge on any atom is 0.276 e. The van der Waals surface area contributed by atoms with Crippen molar-refractivity contribution >= 4 is 57.7 Å². The normalized spacial score (nSPS) is 13.4. The van der Waals surface area contributed by atoms with Crippen LogP contribution in [0.1, 0.15) is 87.2 Å². The lowest BCUT2D eigenvalue weighted by Gasteiger charge is -2.26. The van der Waals surface area contributed by atoms with Crippen LogP contribution in [-0.2, 0) is 43.8 Å². The molecule has 6 N–H and O–H groups in total. The van der Waals surface area contributed by atoms with Gasteiger partial charge in [0.1, 0.15) is 28.2 Å². The number of morpholine rings is 1. The van der Waals surface area contributed by atoms with E-state index in [0.29, 0.717) is 91.5 Å². The van der Waals surface area contributed by atoms with Crippen LogP contribution in [0.2, 0.25) is 0 Å². The second kappa shape index (κ2) is 19.2. The number of hydrogen-bond donors (Lipinski definition) is 4. The molecule has 5 aromatic heterocycles. The predicted molar refractivity (Wildman–Crippen MR) is 231 cm³/mol. The molecule has 0 saturated carbocycles. The molecular weight excluding hydrogens is 797 g/mol. The zero-order chi connectivity index (χ0) is 43.9. The number of primary amides is 2. The molecule has 0 bridgehead atoms. The number of aromatic nitrogens is 9. The molecule has 0 spiro atoms. The standard InChI is InChI=1S/C42H52N14O6/c1-5-28-23-32(55(7-3)50-28)39(59)48-41-46-30-20-26(36(43)57)22-34(62-17-11-12-52-15-18-61-19-16-52)35(30)53(41)13-9-10-14-54-38-31(21-27(25-45-38)37(44)58)47-42(54)49-40(60)33-24-29(6-2)51-56(33)8-4/h9-10,20-25H,5-8,11-19H2,1-4H3,(H2,43,57)(H2,44,58)(H,46,48,59)(H,47,49,60)/b10-9+. The third-order valence-electron chi connectivity index (χ3n) is 10.6. The first-order valence-electron chi connectivity index (χ1n) is 20.9. The van der Waals surface area contributed by atoms with Crippen molar-refractivity contribution < 1.29 is 28.7 Å². The van der Waals surface area contributed by atoms with Crippen molar-refractivity contribution in [2.75, 3.05) is 50.1 Å². The second-order valence-corrected chi connectivity index (χ2v) is 14.6. The molecule has 20 heteroatoms. The Morgan fingerprint density at radius 2 is 1.32 bits per heavy atom. The van der Waals surface area contributed by atoms with Gasteiger partial charge in [-0.15, -0.1) is 0 Å². The molecule has 326 valence electrons. The molecule has 0 unspecified atom stereocenters. The van der Waals surface area contributed by atoms with Gasteiger partial charge in [0.2, 0.25) is 23.7 Å². The molecule has 6 aromatic rings. The molecule has 6 heterocycles. The van der Waals surface area contributed by atoms with Crippen LogP contribution in [0, 0.1) is 0 Å². The summed E-state index contributed by atoms with van der Waals surface area (Å²) in [5, 5.41) is 14.9. The fourth-order valence-corrected chi connectivity index (χ4v) is 7.29. The minimum atomic E-state index is -0.665. The lowest BCUT2D eigenvalue weighted by Crippen LogP contribution is -2.37. The zero-order valence-electron chi connectivity index (χ0n) is 35.4. The Morgan fingerprint density at radius 1 is 0.758 bits per heavy atom. The van der Waals surface area contributed by atoms with Gasteiger partial charge in [-0.2, -0.15) is 10.2 Å². The molecule has 1 aromatic carbocycles. The average Bonchev–Trinajstić information content (AvgIpc) is 4.06. The number of aryl methyl sites for hydroxylation is 4. The van der Waals surface area contributed by atoms with Crippen molar-refractivity contribution in [2.45, 2.75) is 73.1 Å². The van der Waals surface area contributed by atoms with Crippen LogP contribution < -0.4 is 26.8 Å². The average molecular weight is 849 g/mol. The summed E-state index contributed by atoms with van der Waals surface area (Å²) in [6.07, 6.45) is 7.10. The molecule has 20 nitrogen and oxygen atoms in total. The van der Waals surface area contributed by atoms with Crippen molar-refractivity contribution in [1.29, 1.82) is 0 Å². The van der Waals surface area contributed by atoms with E-state index in [-0.39, 0.29) is 36.1 Å². The van der Waals surface area contributed by atoms with Gasteiger partial charge in [-0.05, 0) is 63.4 Å². The summed E-state index contributed by atoms with van der Waals surface area (Å²) in [5.41, 5.74) is 15.7. The van der Waals surface area contributed by atoms with Crippen LogP contribution >= 0.6 is 0 Å². The van der Waals surface area contributed by atoms with Gasteiger partial charge in [0, 0.05) is 57.6 Å². The number of benzene rings is 1. The molecule has 1 aliphatic heterocycles. The van der Waals surface area contributed by atoms with Crippen LogP contribution in [0.3, 0.4) is 0 Å². The number of imidazole rings is 2.